The van der Waals surface area contributed by atoms with Crippen molar-refractivity contribution in [1.82, 2.24) is 0 Å². The van der Waals surface area contributed by atoms with Gasteiger partial charge in [0.15, 0.2) is 5.40 Å². The Hall–Kier alpha value is -0.680. The van der Waals surface area contributed by atoms with E-state index >= 15 is 0 Å². The Labute approximate surface area is 155 Å². The van der Waals surface area contributed by atoms with E-state index in [1.807, 2.05) is 12.1 Å². The van der Waals surface area contributed by atoms with E-state index in [-0.39, 0.29) is 0 Å². The maximum absolute atomic E-state index is 11.2. The van der Waals surface area contributed by atoms with Gasteiger partial charge in [-0.05, 0) is 30.5 Å². The van der Waals surface area contributed by atoms with Crippen molar-refractivity contribution in [2.24, 2.45) is 0 Å². The first kappa shape index (κ1) is 23.4. The van der Waals surface area contributed by atoms with E-state index < -0.39 is 27.2 Å². The van der Waals surface area contributed by atoms with E-state index in [9.17, 15) is 9.13 Å². The van der Waals surface area contributed by atoms with Crippen molar-refractivity contribution in [3.05, 3.63) is 29.8 Å². The zero-order chi connectivity index (χ0) is 19.6. The molecule has 0 amide bonds. The summed E-state index contributed by atoms with van der Waals surface area (Å²) in [6, 6.07) is 7.01. The largest absolute Gasteiger partial charge is 0.492 e. The minimum absolute atomic E-state index is 0.320. The van der Waals surface area contributed by atoms with Crippen LogP contribution in [-0.4, -0.2) is 31.6 Å². The van der Waals surface area contributed by atoms with Gasteiger partial charge in [-0.2, -0.15) is 0 Å². The highest BCUT2D eigenvalue weighted by Gasteiger charge is 2.44. The van der Waals surface area contributed by atoms with E-state index in [1.165, 1.54) is 38.5 Å². The standard InChI is InChI=1S/C17H30O7P2/c1-2-3-4-5-6-7-8-9-15-10-12-16(13-11-15)24-14-17(25(18,19)20)26(21,22)23/h10-13,17H,2-9,14H2,1H3,(H2,18,19,20)(H2,21,22,23). The summed E-state index contributed by atoms with van der Waals surface area (Å²) in [6.07, 6.45) is 9.60. The lowest BCUT2D eigenvalue weighted by Crippen LogP contribution is -2.18. The fourth-order valence-corrected chi connectivity index (χ4v) is 4.70. The number of hydrogen-bond donors (Lipinski definition) is 4. The van der Waals surface area contributed by atoms with Crippen LogP contribution in [0.5, 0.6) is 5.75 Å². The second-order valence-electron chi connectivity index (χ2n) is 6.49. The predicted octanol–water partition coefficient (Wildman–Crippen LogP) is 4.04. The van der Waals surface area contributed by atoms with Gasteiger partial charge in [0.2, 0.25) is 0 Å². The van der Waals surface area contributed by atoms with Gasteiger partial charge in [-0.25, -0.2) is 0 Å². The molecule has 0 atom stereocenters. The maximum Gasteiger partial charge on any atom is 0.344 e. The van der Waals surface area contributed by atoms with Crippen LogP contribution in [0.2, 0.25) is 0 Å². The zero-order valence-corrected chi connectivity index (χ0v) is 16.9. The lowest BCUT2D eigenvalue weighted by atomic mass is 10.0. The molecule has 0 fully saturated rings. The minimum Gasteiger partial charge on any atom is -0.492 e. The third kappa shape index (κ3) is 9.31. The minimum atomic E-state index is -4.96. The molecule has 1 aromatic carbocycles. The second-order valence-corrected chi connectivity index (χ2v) is 10.5. The van der Waals surface area contributed by atoms with E-state index in [4.69, 9.17) is 24.3 Å². The van der Waals surface area contributed by atoms with Gasteiger partial charge in [-0.15, -0.1) is 0 Å². The highest BCUT2D eigenvalue weighted by molar-refractivity contribution is 7.70. The summed E-state index contributed by atoms with van der Waals surface area (Å²) in [7, 11) is -9.92. The van der Waals surface area contributed by atoms with Gasteiger partial charge < -0.3 is 24.3 Å². The molecule has 1 rings (SSSR count). The topological polar surface area (TPSA) is 124 Å². The Kier molecular flexibility index (Phi) is 10.1. The third-order valence-electron chi connectivity index (χ3n) is 4.17. The molecule has 0 heterocycles. The molecular weight excluding hydrogens is 378 g/mol. The molecule has 0 spiro atoms. The van der Waals surface area contributed by atoms with Crippen LogP contribution in [0, 0.1) is 0 Å². The van der Waals surface area contributed by atoms with Crippen LogP contribution in [0.3, 0.4) is 0 Å². The first-order chi connectivity index (χ1) is 12.1. The smallest absolute Gasteiger partial charge is 0.344 e. The number of rotatable bonds is 13. The van der Waals surface area contributed by atoms with Crippen LogP contribution in [-0.2, 0) is 15.6 Å². The Morgan fingerprint density at radius 2 is 1.35 bits per heavy atom. The summed E-state index contributed by atoms with van der Waals surface area (Å²) >= 11 is 0. The molecule has 0 aliphatic heterocycles. The molecule has 0 unspecified atom stereocenters. The van der Waals surface area contributed by atoms with Gasteiger partial charge in [0, 0.05) is 0 Å². The quantitative estimate of drug-likeness (QED) is 0.287. The van der Waals surface area contributed by atoms with Crippen molar-refractivity contribution in [3.63, 3.8) is 0 Å². The molecular formula is C17H30O7P2. The van der Waals surface area contributed by atoms with E-state index in [2.05, 4.69) is 6.92 Å². The average molecular weight is 408 g/mol. The van der Waals surface area contributed by atoms with Crippen LogP contribution >= 0.6 is 15.2 Å². The molecule has 4 N–H and O–H groups in total. The number of hydrogen-bond acceptors (Lipinski definition) is 3. The predicted molar refractivity (Wildman–Crippen MR) is 102 cm³/mol. The van der Waals surface area contributed by atoms with Crippen LogP contribution < -0.4 is 4.74 Å². The molecule has 0 saturated carbocycles. The molecule has 0 bridgehead atoms. The summed E-state index contributed by atoms with van der Waals surface area (Å²) in [6.45, 7) is 1.46. The summed E-state index contributed by atoms with van der Waals surface area (Å²) in [5.41, 5.74) is 1.13. The van der Waals surface area contributed by atoms with Crippen molar-refractivity contribution in [2.45, 2.75) is 63.7 Å². The summed E-state index contributed by atoms with van der Waals surface area (Å²) < 4.78 is 27.6. The molecule has 1 aromatic rings. The van der Waals surface area contributed by atoms with E-state index in [1.54, 1.807) is 12.1 Å². The zero-order valence-electron chi connectivity index (χ0n) is 15.2. The van der Waals surface area contributed by atoms with Gasteiger partial charge >= 0.3 is 15.2 Å². The molecule has 0 saturated heterocycles. The first-order valence-corrected chi connectivity index (χ1v) is 12.3. The van der Waals surface area contributed by atoms with E-state index in [0.717, 1.165) is 18.4 Å². The Morgan fingerprint density at radius 3 is 1.85 bits per heavy atom. The molecule has 150 valence electrons. The lowest BCUT2D eigenvalue weighted by Gasteiger charge is -2.19. The van der Waals surface area contributed by atoms with Crippen molar-refractivity contribution >= 4 is 15.2 Å². The molecule has 0 aliphatic rings. The van der Waals surface area contributed by atoms with Crippen LogP contribution in [0.4, 0.5) is 0 Å². The summed E-state index contributed by atoms with van der Waals surface area (Å²) in [5.74, 6) is 0.320. The number of aryl methyl sites for hydroxylation is 1. The van der Waals surface area contributed by atoms with Gasteiger partial charge in [-0.1, -0.05) is 57.6 Å². The van der Waals surface area contributed by atoms with E-state index in [0.29, 0.717) is 5.75 Å². The summed E-state index contributed by atoms with van der Waals surface area (Å²) in [4.78, 5) is 36.3. The number of ether oxygens (including phenoxy) is 1. The van der Waals surface area contributed by atoms with Crippen LogP contribution in [0.1, 0.15) is 57.4 Å². The fraction of sp³-hybridized carbons (Fsp3) is 0.647. The molecule has 0 aromatic heterocycles. The van der Waals surface area contributed by atoms with Crippen LogP contribution in [0.25, 0.3) is 0 Å². The SMILES string of the molecule is CCCCCCCCCc1ccc(OCC(P(=O)(O)O)P(=O)(O)O)cc1. The third-order valence-corrected chi connectivity index (χ3v) is 7.82. The highest BCUT2D eigenvalue weighted by Crippen LogP contribution is 2.59. The lowest BCUT2D eigenvalue weighted by molar-refractivity contribution is 0.280. The van der Waals surface area contributed by atoms with Gasteiger partial charge in [0.1, 0.15) is 12.4 Å². The van der Waals surface area contributed by atoms with Gasteiger partial charge in [-0.3, -0.25) is 9.13 Å². The molecule has 0 radical (unpaired) electrons. The Morgan fingerprint density at radius 1 is 0.846 bits per heavy atom. The Balaban J connectivity index is 2.40. The van der Waals surface area contributed by atoms with Gasteiger partial charge in [0.25, 0.3) is 0 Å². The van der Waals surface area contributed by atoms with Crippen molar-refractivity contribution < 1.29 is 33.4 Å². The fourth-order valence-electron chi connectivity index (χ4n) is 2.60. The number of unbranched alkanes of at least 4 members (excludes halogenated alkanes) is 6. The van der Waals surface area contributed by atoms with Crippen molar-refractivity contribution in [1.29, 1.82) is 0 Å². The maximum atomic E-state index is 11.2. The van der Waals surface area contributed by atoms with Crippen molar-refractivity contribution in [3.8, 4) is 5.75 Å². The molecule has 0 aliphatic carbocycles. The number of benzene rings is 1. The first-order valence-electron chi connectivity index (χ1n) is 8.96. The summed E-state index contributed by atoms with van der Waals surface area (Å²) in [5, 5.41) is -2.15. The highest BCUT2D eigenvalue weighted by atomic mass is 31.2. The molecule has 7 nitrogen and oxygen atoms in total. The monoisotopic (exact) mass is 408 g/mol. The average Bonchev–Trinajstić information content (AvgIpc) is 2.53. The second kappa shape index (κ2) is 11.2. The Bertz CT molecular complexity index is 584. The van der Waals surface area contributed by atoms with Gasteiger partial charge in [0.05, 0.1) is 0 Å². The van der Waals surface area contributed by atoms with Crippen molar-refractivity contribution in [2.75, 3.05) is 6.61 Å². The van der Waals surface area contributed by atoms with Crippen LogP contribution in [0.15, 0.2) is 24.3 Å². The molecule has 9 heteroatoms. The molecule has 26 heavy (non-hydrogen) atoms. The normalized spacial score (nSPS) is 12.5.